The van der Waals surface area contributed by atoms with Crippen LogP contribution in [0.15, 0.2) is 34.3 Å². The Balaban J connectivity index is 1.82. The van der Waals surface area contributed by atoms with Crippen LogP contribution in [0.5, 0.6) is 0 Å². The summed E-state index contributed by atoms with van der Waals surface area (Å²) in [5, 5.41) is 8.40. The highest BCUT2D eigenvalue weighted by Gasteiger charge is 2.32. The second-order valence-electron chi connectivity index (χ2n) is 5.95. The molecule has 1 aromatic carbocycles. The Morgan fingerprint density at radius 3 is 2.72 bits per heavy atom. The molecule has 25 heavy (non-hydrogen) atoms. The number of carbonyl (C=O) groups is 3. The molecule has 0 bridgehead atoms. The lowest BCUT2D eigenvalue weighted by molar-refractivity contribution is -0.137. The van der Waals surface area contributed by atoms with Crippen LogP contribution in [0, 0.1) is 0 Å². The molecule has 1 heterocycles. The van der Waals surface area contributed by atoms with Crippen LogP contribution in [0.25, 0.3) is 6.08 Å². The predicted molar refractivity (Wildman–Crippen MR) is 96.5 cm³/mol. The minimum absolute atomic E-state index is 0.141. The molecule has 1 saturated heterocycles. The van der Waals surface area contributed by atoms with Crippen LogP contribution < -0.4 is 5.48 Å². The lowest BCUT2D eigenvalue weighted by Crippen LogP contribution is -2.30. The lowest BCUT2D eigenvalue weighted by Gasteiger charge is -2.13. The zero-order valence-electron chi connectivity index (χ0n) is 13.8. The van der Waals surface area contributed by atoms with E-state index in [9.17, 15) is 14.4 Å². The van der Waals surface area contributed by atoms with Crippen molar-refractivity contribution in [3.05, 3.63) is 39.9 Å². The molecule has 134 valence electrons. The highest BCUT2D eigenvalue weighted by Crippen LogP contribution is 2.23. The second kappa shape index (κ2) is 9.48. The van der Waals surface area contributed by atoms with E-state index in [2.05, 4.69) is 15.9 Å². The minimum atomic E-state index is -0.396. The van der Waals surface area contributed by atoms with Gasteiger partial charge in [0.25, 0.3) is 5.91 Å². The predicted octanol–water partition coefficient (Wildman–Crippen LogP) is 3.05. The molecule has 1 aliphatic heterocycles. The molecule has 2 N–H and O–H groups in total. The zero-order chi connectivity index (χ0) is 18.2. The number of hydrogen-bond acceptors (Lipinski definition) is 4. The first-order valence-corrected chi connectivity index (χ1v) is 9.04. The molecule has 6 nitrogen and oxygen atoms in total. The fraction of sp³-hybridized carbons (Fsp3) is 0.389. The van der Waals surface area contributed by atoms with E-state index in [1.807, 2.05) is 24.3 Å². The molecule has 0 saturated carbocycles. The van der Waals surface area contributed by atoms with Crippen molar-refractivity contribution in [3.8, 4) is 0 Å². The quantitative estimate of drug-likeness (QED) is 0.227. The van der Waals surface area contributed by atoms with Crippen LogP contribution >= 0.6 is 15.9 Å². The summed E-state index contributed by atoms with van der Waals surface area (Å²) in [5.74, 6) is -0.775. The average molecular weight is 409 g/mol. The SMILES string of the molecule is O=C(CCCCCCN1C(=O)CC(=Cc2cccc(Br)c2)C1=O)NO. The largest absolute Gasteiger partial charge is 0.289 e. The minimum Gasteiger partial charge on any atom is -0.289 e. The van der Waals surface area contributed by atoms with Crippen LogP contribution in [0.4, 0.5) is 0 Å². The molecule has 0 aromatic heterocycles. The summed E-state index contributed by atoms with van der Waals surface area (Å²) in [5.41, 5.74) is 3.00. The van der Waals surface area contributed by atoms with Crippen LogP contribution in [0.3, 0.4) is 0 Å². The molecule has 1 aliphatic rings. The summed E-state index contributed by atoms with van der Waals surface area (Å²) in [6.07, 6.45) is 5.19. The second-order valence-corrected chi connectivity index (χ2v) is 6.87. The van der Waals surface area contributed by atoms with Gasteiger partial charge in [-0.15, -0.1) is 0 Å². The third-order valence-electron chi connectivity index (χ3n) is 4.01. The monoisotopic (exact) mass is 408 g/mol. The van der Waals surface area contributed by atoms with Crippen molar-refractivity contribution in [2.45, 2.75) is 38.5 Å². The number of unbranched alkanes of at least 4 members (excludes halogenated alkanes) is 3. The fourth-order valence-electron chi connectivity index (χ4n) is 2.72. The van der Waals surface area contributed by atoms with Crippen molar-refractivity contribution >= 4 is 39.7 Å². The molecule has 0 aliphatic carbocycles. The maximum Gasteiger partial charge on any atom is 0.256 e. The van der Waals surface area contributed by atoms with E-state index >= 15 is 0 Å². The van der Waals surface area contributed by atoms with Gasteiger partial charge in [-0.2, -0.15) is 0 Å². The van der Waals surface area contributed by atoms with Crippen LogP contribution in [0.2, 0.25) is 0 Å². The van der Waals surface area contributed by atoms with Crippen molar-refractivity contribution in [1.29, 1.82) is 0 Å². The van der Waals surface area contributed by atoms with Gasteiger partial charge in [0.2, 0.25) is 11.8 Å². The third kappa shape index (κ3) is 5.79. The molecule has 2 rings (SSSR count). The highest BCUT2D eigenvalue weighted by atomic mass is 79.9. The fourth-order valence-corrected chi connectivity index (χ4v) is 3.14. The van der Waals surface area contributed by atoms with E-state index in [0.717, 1.165) is 22.9 Å². The maximum atomic E-state index is 12.4. The van der Waals surface area contributed by atoms with Crippen molar-refractivity contribution in [2.24, 2.45) is 0 Å². The Morgan fingerprint density at radius 1 is 1.24 bits per heavy atom. The first-order valence-electron chi connectivity index (χ1n) is 8.25. The Hall–Kier alpha value is -1.99. The Bertz CT molecular complexity index is 687. The van der Waals surface area contributed by atoms with Crippen LogP contribution in [-0.4, -0.2) is 34.4 Å². The summed E-state index contributed by atoms with van der Waals surface area (Å²) in [7, 11) is 0. The average Bonchev–Trinajstić information content (AvgIpc) is 2.84. The van der Waals surface area contributed by atoms with Gasteiger partial charge >= 0.3 is 0 Å². The van der Waals surface area contributed by atoms with Crippen LogP contribution in [0.1, 0.15) is 44.1 Å². The van der Waals surface area contributed by atoms with Gasteiger partial charge in [-0.1, -0.05) is 40.9 Å². The van der Waals surface area contributed by atoms with Gasteiger partial charge in [0.15, 0.2) is 0 Å². The zero-order valence-corrected chi connectivity index (χ0v) is 15.4. The van der Waals surface area contributed by atoms with Crippen molar-refractivity contribution in [2.75, 3.05) is 6.54 Å². The Kier molecular flexibility index (Phi) is 7.33. The molecule has 0 radical (unpaired) electrons. The number of amides is 3. The molecule has 0 spiro atoms. The summed E-state index contributed by atoms with van der Waals surface area (Å²) in [6, 6.07) is 7.57. The van der Waals surface area contributed by atoms with Crippen molar-refractivity contribution in [3.63, 3.8) is 0 Å². The summed E-state index contributed by atoms with van der Waals surface area (Å²) < 4.78 is 0.922. The number of carbonyl (C=O) groups excluding carboxylic acids is 3. The maximum absolute atomic E-state index is 12.4. The molecule has 3 amide bonds. The number of nitrogens with one attached hydrogen (secondary N) is 1. The van der Waals surface area contributed by atoms with E-state index in [1.165, 1.54) is 4.90 Å². The number of hydroxylamine groups is 1. The third-order valence-corrected chi connectivity index (χ3v) is 4.51. The van der Waals surface area contributed by atoms with E-state index < -0.39 is 5.91 Å². The van der Waals surface area contributed by atoms with Gasteiger partial charge < -0.3 is 0 Å². The Labute approximate surface area is 155 Å². The van der Waals surface area contributed by atoms with E-state index in [-0.39, 0.29) is 24.7 Å². The number of nitrogens with zero attached hydrogens (tertiary/aromatic N) is 1. The number of halogens is 1. The normalized spacial score (nSPS) is 15.9. The topological polar surface area (TPSA) is 86.7 Å². The van der Waals surface area contributed by atoms with Gasteiger partial charge in [0.05, 0.1) is 6.42 Å². The molecule has 1 fully saturated rings. The van der Waals surface area contributed by atoms with E-state index in [0.29, 0.717) is 25.0 Å². The molecule has 0 atom stereocenters. The molecule has 0 unspecified atom stereocenters. The summed E-state index contributed by atoms with van der Waals surface area (Å²) in [6.45, 7) is 0.402. The van der Waals surface area contributed by atoms with E-state index in [1.54, 1.807) is 11.6 Å². The van der Waals surface area contributed by atoms with Gasteiger partial charge in [-0.25, -0.2) is 5.48 Å². The summed E-state index contributed by atoms with van der Waals surface area (Å²) >= 11 is 3.39. The standard InChI is InChI=1S/C18H21BrN2O4/c19-15-7-5-6-13(11-15)10-14-12-17(23)21(18(14)24)9-4-2-1-3-8-16(22)20-25/h5-7,10-11,25H,1-4,8-9,12H2,(H,20,22). The number of hydrogen-bond donors (Lipinski definition) is 2. The molecular formula is C18H21BrN2O4. The number of rotatable bonds is 8. The molecule has 7 heteroatoms. The van der Waals surface area contributed by atoms with Gasteiger partial charge in [-0.05, 0) is 36.6 Å². The van der Waals surface area contributed by atoms with Gasteiger partial charge in [0, 0.05) is 23.0 Å². The van der Waals surface area contributed by atoms with E-state index in [4.69, 9.17) is 5.21 Å². The number of benzene rings is 1. The van der Waals surface area contributed by atoms with Crippen LogP contribution in [-0.2, 0) is 14.4 Å². The first-order chi connectivity index (χ1) is 12.0. The highest BCUT2D eigenvalue weighted by molar-refractivity contribution is 9.10. The van der Waals surface area contributed by atoms with Crippen molar-refractivity contribution < 1.29 is 19.6 Å². The Morgan fingerprint density at radius 2 is 2.00 bits per heavy atom. The molecular weight excluding hydrogens is 388 g/mol. The summed E-state index contributed by atoms with van der Waals surface area (Å²) in [4.78, 5) is 36.7. The lowest BCUT2D eigenvalue weighted by atomic mass is 10.1. The van der Waals surface area contributed by atoms with Gasteiger partial charge in [-0.3, -0.25) is 24.5 Å². The van der Waals surface area contributed by atoms with Gasteiger partial charge in [0.1, 0.15) is 0 Å². The van der Waals surface area contributed by atoms with Crippen molar-refractivity contribution in [1.82, 2.24) is 10.4 Å². The number of likely N-dealkylation sites (tertiary alicyclic amines) is 1. The number of imide groups is 1. The molecule has 1 aromatic rings. The smallest absolute Gasteiger partial charge is 0.256 e. The first kappa shape index (κ1) is 19.3.